The van der Waals surface area contributed by atoms with Gasteiger partial charge in [-0.25, -0.2) is 8.78 Å². The molecule has 1 fully saturated rings. The van der Waals surface area contributed by atoms with Crippen molar-refractivity contribution in [3.63, 3.8) is 0 Å². The van der Waals surface area contributed by atoms with E-state index < -0.39 is 11.9 Å². The Morgan fingerprint density at radius 3 is 2.38 bits per heavy atom. The van der Waals surface area contributed by atoms with E-state index in [-0.39, 0.29) is 24.2 Å². The number of hydrogen-bond acceptors (Lipinski definition) is 3. The summed E-state index contributed by atoms with van der Waals surface area (Å²) < 4.78 is 27.4. The smallest absolute Gasteiger partial charge is 0.254 e. The Bertz CT molecular complexity index is 895. The highest BCUT2D eigenvalue weighted by atomic mass is 19.1. The molecular formula is C22H25F2N3O2. The minimum atomic E-state index is -0.394. The molecular weight excluding hydrogens is 376 g/mol. The third-order valence-corrected chi connectivity index (χ3v) is 5.36. The van der Waals surface area contributed by atoms with Gasteiger partial charge in [-0.05, 0) is 37.6 Å². The molecule has 1 atom stereocenters. The van der Waals surface area contributed by atoms with Crippen molar-refractivity contribution in [2.24, 2.45) is 0 Å². The third kappa shape index (κ3) is 4.98. The highest BCUT2D eigenvalue weighted by molar-refractivity contribution is 5.94. The van der Waals surface area contributed by atoms with Gasteiger partial charge in [0, 0.05) is 43.9 Å². The van der Waals surface area contributed by atoms with Gasteiger partial charge in [0.05, 0.1) is 6.04 Å². The predicted molar refractivity (Wildman–Crippen MR) is 106 cm³/mol. The van der Waals surface area contributed by atoms with E-state index in [1.54, 1.807) is 49.1 Å². The summed E-state index contributed by atoms with van der Waals surface area (Å²) in [6.45, 7) is 5.57. The van der Waals surface area contributed by atoms with Gasteiger partial charge >= 0.3 is 0 Å². The van der Waals surface area contributed by atoms with Crippen LogP contribution in [0.1, 0.15) is 28.4 Å². The van der Waals surface area contributed by atoms with Crippen LogP contribution in [-0.2, 0) is 11.3 Å². The fraction of sp³-hybridized carbons (Fsp3) is 0.364. The molecule has 1 aliphatic heterocycles. The fourth-order valence-corrected chi connectivity index (χ4v) is 3.36. The molecule has 2 aromatic carbocycles. The molecule has 0 saturated carbocycles. The maximum absolute atomic E-state index is 13.7. The summed E-state index contributed by atoms with van der Waals surface area (Å²) in [5.74, 6) is -1.14. The number of benzene rings is 2. The van der Waals surface area contributed by atoms with Gasteiger partial charge in [0.1, 0.15) is 11.6 Å². The van der Waals surface area contributed by atoms with E-state index in [2.05, 4.69) is 5.32 Å². The second-order valence-corrected chi connectivity index (χ2v) is 7.28. The molecule has 154 valence electrons. The van der Waals surface area contributed by atoms with Crippen molar-refractivity contribution in [3.05, 3.63) is 70.8 Å². The lowest BCUT2D eigenvalue weighted by atomic mass is 10.1. The van der Waals surface area contributed by atoms with Crippen molar-refractivity contribution in [1.82, 2.24) is 15.1 Å². The summed E-state index contributed by atoms with van der Waals surface area (Å²) in [6, 6.07) is 10.4. The Labute approximate surface area is 169 Å². The maximum atomic E-state index is 13.7. The van der Waals surface area contributed by atoms with E-state index in [0.29, 0.717) is 42.9 Å². The molecule has 2 amide bonds. The van der Waals surface area contributed by atoms with Crippen molar-refractivity contribution in [3.8, 4) is 0 Å². The van der Waals surface area contributed by atoms with Crippen LogP contribution >= 0.6 is 0 Å². The van der Waals surface area contributed by atoms with Crippen molar-refractivity contribution in [2.45, 2.75) is 26.4 Å². The predicted octanol–water partition coefficient (Wildman–Crippen LogP) is 2.74. The van der Waals surface area contributed by atoms with Crippen molar-refractivity contribution >= 4 is 11.8 Å². The van der Waals surface area contributed by atoms with Crippen LogP contribution in [0.5, 0.6) is 0 Å². The van der Waals surface area contributed by atoms with E-state index in [1.807, 2.05) is 4.90 Å². The third-order valence-electron chi connectivity index (χ3n) is 5.36. The minimum Gasteiger partial charge on any atom is -0.351 e. The van der Waals surface area contributed by atoms with Crippen molar-refractivity contribution in [1.29, 1.82) is 0 Å². The first-order valence-corrected chi connectivity index (χ1v) is 9.67. The molecule has 1 unspecified atom stereocenters. The number of hydrogen-bond donors (Lipinski definition) is 1. The maximum Gasteiger partial charge on any atom is 0.254 e. The molecule has 0 aliphatic carbocycles. The number of rotatable bonds is 5. The monoisotopic (exact) mass is 401 g/mol. The Kier molecular flexibility index (Phi) is 6.59. The Morgan fingerprint density at radius 2 is 1.72 bits per heavy atom. The van der Waals surface area contributed by atoms with Gasteiger partial charge in [0.25, 0.3) is 5.91 Å². The Hall–Kier alpha value is -2.80. The average Bonchev–Trinajstić information content (AvgIpc) is 2.74. The molecule has 0 aromatic heterocycles. The minimum absolute atomic E-state index is 0.132. The first kappa shape index (κ1) is 20.9. The number of nitrogens with zero attached hydrogens (tertiary/aromatic N) is 2. The molecule has 5 nitrogen and oxygen atoms in total. The van der Waals surface area contributed by atoms with Crippen LogP contribution in [0.2, 0.25) is 0 Å². The SMILES string of the molecule is Cc1ccc(C(=O)N2CCN(C(C)C(=O)NCc3ccccc3F)CC2)cc1F. The van der Waals surface area contributed by atoms with Gasteiger partial charge in [0.2, 0.25) is 5.91 Å². The topological polar surface area (TPSA) is 52.7 Å². The van der Waals surface area contributed by atoms with Crippen LogP contribution in [0.25, 0.3) is 0 Å². The van der Waals surface area contributed by atoms with E-state index in [0.717, 1.165) is 0 Å². The Morgan fingerprint density at radius 1 is 1.03 bits per heavy atom. The van der Waals surface area contributed by atoms with E-state index in [1.165, 1.54) is 12.1 Å². The van der Waals surface area contributed by atoms with Gasteiger partial charge in [0.15, 0.2) is 0 Å². The molecule has 7 heteroatoms. The second-order valence-electron chi connectivity index (χ2n) is 7.28. The molecule has 1 N–H and O–H groups in total. The van der Waals surface area contributed by atoms with Gasteiger partial charge in [-0.2, -0.15) is 0 Å². The number of aryl methyl sites for hydroxylation is 1. The molecule has 0 radical (unpaired) electrons. The van der Waals surface area contributed by atoms with Gasteiger partial charge in [-0.15, -0.1) is 0 Å². The Balaban J connectivity index is 1.51. The fourth-order valence-electron chi connectivity index (χ4n) is 3.36. The summed E-state index contributed by atoms with van der Waals surface area (Å²) in [4.78, 5) is 28.7. The molecule has 2 aromatic rings. The first-order valence-electron chi connectivity index (χ1n) is 9.67. The van der Waals surface area contributed by atoms with Gasteiger partial charge in [-0.1, -0.05) is 24.3 Å². The summed E-state index contributed by atoms with van der Waals surface area (Å²) in [7, 11) is 0. The molecule has 1 heterocycles. The van der Waals surface area contributed by atoms with Crippen LogP contribution in [0, 0.1) is 18.6 Å². The average molecular weight is 401 g/mol. The number of carbonyl (C=O) groups is 2. The molecule has 1 saturated heterocycles. The number of carbonyl (C=O) groups excluding carboxylic acids is 2. The second kappa shape index (κ2) is 9.13. The van der Waals surface area contributed by atoms with Crippen molar-refractivity contribution in [2.75, 3.05) is 26.2 Å². The number of nitrogens with one attached hydrogen (secondary N) is 1. The summed E-state index contributed by atoms with van der Waals surface area (Å²) >= 11 is 0. The van der Waals surface area contributed by atoms with E-state index in [9.17, 15) is 18.4 Å². The zero-order valence-electron chi connectivity index (χ0n) is 16.6. The van der Waals surface area contributed by atoms with E-state index in [4.69, 9.17) is 0 Å². The van der Waals surface area contributed by atoms with E-state index >= 15 is 0 Å². The van der Waals surface area contributed by atoms with Crippen LogP contribution in [0.4, 0.5) is 8.78 Å². The standard InChI is InChI=1S/C22H25F2N3O2/c1-15-7-8-17(13-20(15)24)22(29)27-11-9-26(10-12-27)16(2)21(28)25-14-18-5-3-4-6-19(18)23/h3-8,13,16H,9-12,14H2,1-2H3,(H,25,28). The lowest BCUT2D eigenvalue weighted by Crippen LogP contribution is -2.54. The summed E-state index contributed by atoms with van der Waals surface area (Å²) in [5.41, 5.74) is 1.27. The lowest BCUT2D eigenvalue weighted by molar-refractivity contribution is -0.126. The largest absolute Gasteiger partial charge is 0.351 e. The molecule has 0 bridgehead atoms. The summed E-state index contributed by atoms with van der Waals surface area (Å²) in [6.07, 6.45) is 0. The van der Waals surface area contributed by atoms with Crippen LogP contribution in [0.3, 0.4) is 0 Å². The highest BCUT2D eigenvalue weighted by Crippen LogP contribution is 2.14. The van der Waals surface area contributed by atoms with Crippen molar-refractivity contribution < 1.29 is 18.4 Å². The zero-order valence-corrected chi connectivity index (χ0v) is 16.6. The van der Waals surface area contributed by atoms with Crippen LogP contribution < -0.4 is 5.32 Å². The number of piperazine rings is 1. The number of halogens is 2. The highest BCUT2D eigenvalue weighted by Gasteiger charge is 2.28. The first-order chi connectivity index (χ1) is 13.9. The van der Waals surface area contributed by atoms with Crippen LogP contribution in [-0.4, -0.2) is 53.8 Å². The number of amides is 2. The van der Waals surface area contributed by atoms with Crippen LogP contribution in [0.15, 0.2) is 42.5 Å². The molecule has 3 rings (SSSR count). The summed E-state index contributed by atoms with van der Waals surface area (Å²) in [5, 5.41) is 2.77. The molecule has 29 heavy (non-hydrogen) atoms. The molecule has 1 aliphatic rings. The zero-order chi connectivity index (χ0) is 21.0. The quantitative estimate of drug-likeness (QED) is 0.838. The van der Waals surface area contributed by atoms with Gasteiger partial charge in [-0.3, -0.25) is 14.5 Å². The lowest BCUT2D eigenvalue weighted by Gasteiger charge is -2.37. The normalized spacial score (nSPS) is 15.8. The van der Waals surface area contributed by atoms with Gasteiger partial charge < -0.3 is 10.2 Å². The molecule has 0 spiro atoms.